The van der Waals surface area contributed by atoms with E-state index in [0.717, 1.165) is 97.3 Å². The van der Waals surface area contributed by atoms with Crippen molar-refractivity contribution in [1.82, 2.24) is 28.2 Å². The number of ether oxygens (including phenoxy) is 3. The lowest BCUT2D eigenvalue weighted by atomic mass is 9.95. The summed E-state index contributed by atoms with van der Waals surface area (Å²) < 4.78 is 124. The maximum atomic E-state index is 15.0. The Balaban J connectivity index is 0.000000127. The highest BCUT2D eigenvalue weighted by Crippen LogP contribution is 2.44. The molecule has 0 amide bonds. The van der Waals surface area contributed by atoms with E-state index in [9.17, 15) is 22.0 Å². The van der Waals surface area contributed by atoms with E-state index in [2.05, 4.69) is 30.9 Å². The highest BCUT2D eigenvalue weighted by molar-refractivity contribution is 7.16. The summed E-state index contributed by atoms with van der Waals surface area (Å²) in [6.07, 6.45) is 9.95. The number of hydrogen-bond acceptors (Lipinski definition) is 12. The molecule has 0 spiro atoms. The number of nitrogens with zero attached hydrogens (tertiary/aromatic N) is 6. The molecule has 0 bridgehead atoms. The average molecular weight is 1320 g/mol. The largest absolute Gasteiger partial charge is 0.497 e. The number of hydrogen-bond donors (Lipinski definition) is 3. The van der Waals surface area contributed by atoms with Crippen LogP contribution in [0.2, 0.25) is 0 Å². The average Bonchev–Trinajstić information content (AvgIpc) is 1.64. The van der Waals surface area contributed by atoms with Crippen LogP contribution in [0.5, 0.6) is 17.2 Å². The maximum Gasteiger partial charge on any atom is 0.196 e. The minimum Gasteiger partial charge on any atom is -0.497 e. The first kappa shape index (κ1) is 62.2. The Morgan fingerprint density at radius 2 is 0.688 bits per heavy atom. The number of methoxy groups -OCH3 is 3. The zero-order valence-corrected chi connectivity index (χ0v) is 52.9. The lowest BCUT2D eigenvalue weighted by Gasteiger charge is -2.24. The molecule has 2 aliphatic carbocycles. The third-order valence-corrected chi connectivity index (χ3v) is 19.0. The highest BCUT2D eigenvalue weighted by Gasteiger charge is 2.30. The van der Waals surface area contributed by atoms with E-state index in [1.165, 1.54) is 98.2 Å². The Morgan fingerprint density at radius 1 is 0.387 bits per heavy atom. The number of nitrogens with one attached hydrogen (secondary N) is 3. The zero-order valence-electron chi connectivity index (χ0n) is 50.5. The SMILES string of the molecule is COc1cc(F)c(-c2nc3scc(-c4ccccc4)n3c2NC2CCCC2)c(F)c1.COc1cc(F)c(-c2nc3scc(-c4ccccc4)n3c2NC2CCCCC2)c(F)c1.COc1cc(F)c(-c2nc3scc(-c4ccccc4)n3c2Nc2ccc(F)cc2)c(F)c1. The van der Waals surface area contributed by atoms with Gasteiger partial charge in [0.1, 0.15) is 92.5 Å². The predicted molar refractivity (Wildman–Crippen MR) is 357 cm³/mol. The summed E-state index contributed by atoms with van der Waals surface area (Å²) in [5.41, 5.74) is 6.39. The number of rotatable bonds is 15. The molecule has 2 saturated carbocycles. The first-order chi connectivity index (χ1) is 45.4. The minimum absolute atomic E-state index is 0.0720. The van der Waals surface area contributed by atoms with Crippen molar-refractivity contribution in [2.45, 2.75) is 69.9 Å². The third-order valence-electron chi connectivity index (χ3n) is 16.5. The van der Waals surface area contributed by atoms with Crippen LogP contribution in [-0.2, 0) is 0 Å². The maximum absolute atomic E-state index is 15.0. The second kappa shape index (κ2) is 27.3. The first-order valence-corrected chi connectivity index (χ1v) is 32.8. The Bertz CT molecular complexity index is 4700. The molecule has 2 aliphatic rings. The second-order valence-corrected chi connectivity index (χ2v) is 24.9. The van der Waals surface area contributed by atoms with E-state index in [1.807, 2.05) is 120 Å². The fourth-order valence-corrected chi connectivity index (χ4v) is 14.7. The van der Waals surface area contributed by atoms with Crippen molar-refractivity contribution in [3.63, 3.8) is 0 Å². The van der Waals surface area contributed by atoms with E-state index < -0.39 is 34.9 Å². The first-order valence-electron chi connectivity index (χ1n) is 30.2. The Labute approximate surface area is 542 Å². The van der Waals surface area contributed by atoms with Crippen molar-refractivity contribution in [1.29, 1.82) is 0 Å². The van der Waals surface area contributed by atoms with Crippen molar-refractivity contribution >= 4 is 72.0 Å². The molecule has 2 fully saturated rings. The quantitative estimate of drug-likeness (QED) is 0.0863. The molecule has 13 aromatic rings. The van der Waals surface area contributed by atoms with Gasteiger partial charge in [0.05, 0.1) is 55.1 Å². The number of halogens is 7. The Kier molecular flexibility index (Phi) is 18.2. The normalized spacial score (nSPS) is 13.4. The molecule has 22 heteroatoms. The predicted octanol–water partition coefficient (Wildman–Crippen LogP) is 20.0. The van der Waals surface area contributed by atoms with Crippen LogP contribution in [0, 0.1) is 40.7 Å². The monoisotopic (exact) mass is 1320 g/mol. The van der Waals surface area contributed by atoms with E-state index in [0.29, 0.717) is 49.4 Å². The molecule has 6 aromatic heterocycles. The van der Waals surface area contributed by atoms with Gasteiger partial charge in [0.2, 0.25) is 0 Å². The molecule has 0 atom stereocenters. The summed E-state index contributed by atoms with van der Waals surface area (Å²) in [7, 11) is 4.12. The molecule has 7 aromatic carbocycles. The summed E-state index contributed by atoms with van der Waals surface area (Å²) in [6.45, 7) is 0. The summed E-state index contributed by atoms with van der Waals surface area (Å²) in [5, 5.41) is 16.3. The van der Waals surface area contributed by atoms with Crippen LogP contribution in [0.1, 0.15) is 57.8 Å². The van der Waals surface area contributed by atoms with Crippen LogP contribution < -0.4 is 30.2 Å². The van der Waals surface area contributed by atoms with Crippen molar-refractivity contribution in [3.05, 3.63) is 209 Å². The number of anilines is 4. The fourth-order valence-electron chi connectivity index (χ4n) is 12.0. The van der Waals surface area contributed by atoms with Gasteiger partial charge >= 0.3 is 0 Å². The third kappa shape index (κ3) is 12.7. The van der Waals surface area contributed by atoms with Crippen LogP contribution >= 0.6 is 34.0 Å². The van der Waals surface area contributed by atoms with Gasteiger partial charge in [-0.1, -0.05) is 123 Å². The molecule has 3 N–H and O–H groups in total. The van der Waals surface area contributed by atoms with Gasteiger partial charge in [0.15, 0.2) is 14.9 Å². The van der Waals surface area contributed by atoms with Gasteiger partial charge < -0.3 is 30.2 Å². The van der Waals surface area contributed by atoms with Gasteiger partial charge in [-0.05, 0) is 66.6 Å². The smallest absolute Gasteiger partial charge is 0.196 e. The van der Waals surface area contributed by atoms with Gasteiger partial charge in [-0.25, -0.2) is 45.7 Å². The fraction of sp³-hybridized carbons (Fsp3) is 0.197. The molecule has 0 unspecified atom stereocenters. The van der Waals surface area contributed by atoms with Crippen LogP contribution in [-0.4, -0.2) is 61.6 Å². The summed E-state index contributed by atoms with van der Waals surface area (Å²) in [6, 6.07) is 42.8. The number of thiazole rings is 3. The van der Waals surface area contributed by atoms with E-state index >= 15 is 8.78 Å². The molecule has 0 saturated heterocycles. The summed E-state index contributed by atoms with van der Waals surface area (Å²) in [5.74, 6) is -2.71. The zero-order chi connectivity index (χ0) is 64.3. The minimum atomic E-state index is -0.795. The van der Waals surface area contributed by atoms with Crippen molar-refractivity contribution in [2.24, 2.45) is 0 Å². The number of aromatic nitrogens is 6. The van der Waals surface area contributed by atoms with Crippen molar-refractivity contribution in [3.8, 4) is 84.8 Å². The second-order valence-electron chi connectivity index (χ2n) is 22.4. The summed E-state index contributed by atoms with van der Waals surface area (Å²) >= 11 is 4.27. The van der Waals surface area contributed by atoms with E-state index in [1.54, 1.807) is 12.1 Å². The lowest BCUT2D eigenvalue weighted by molar-refractivity contribution is 0.407. The lowest BCUT2D eigenvalue weighted by Crippen LogP contribution is -2.23. The molecule has 0 aliphatic heterocycles. The molecule has 474 valence electrons. The molecule has 6 heterocycles. The molecule has 0 radical (unpaired) electrons. The van der Waals surface area contributed by atoms with Crippen molar-refractivity contribution in [2.75, 3.05) is 37.3 Å². The molecular formula is C71H60F7N9O3S3. The van der Waals surface area contributed by atoms with Crippen LogP contribution in [0.3, 0.4) is 0 Å². The van der Waals surface area contributed by atoms with Crippen LogP contribution in [0.15, 0.2) is 168 Å². The van der Waals surface area contributed by atoms with Crippen LogP contribution in [0.25, 0.3) is 82.4 Å². The van der Waals surface area contributed by atoms with Gasteiger partial charge in [0, 0.05) is 70.3 Å². The molecular weight excluding hydrogens is 1260 g/mol. The molecule has 93 heavy (non-hydrogen) atoms. The number of benzene rings is 7. The van der Waals surface area contributed by atoms with Gasteiger partial charge in [-0.15, -0.1) is 34.0 Å². The highest BCUT2D eigenvalue weighted by atomic mass is 32.1. The van der Waals surface area contributed by atoms with E-state index in [-0.39, 0.29) is 57.5 Å². The Morgan fingerprint density at radius 3 is 1.01 bits per heavy atom. The van der Waals surface area contributed by atoms with Gasteiger partial charge in [-0.2, -0.15) is 0 Å². The Hall–Kier alpha value is -9.64. The van der Waals surface area contributed by atoms with Crippen LogP contribution in [0.4, 0.5) is 53.9 Å². The van der Waals surface area contributed by atoms with Crippen molar-refractivity contribution < 1.29 is 44.9 Å². The van der Waals surface area contributed by atoms with E-state index in [4.69, 9.17) is 14.2 Å². The standard InChI is InChI=1S/C24H16F3N3OS.C24H23F2N3OS.C23H21F2N3OS/c1-31-17-11-18(26)21(19(27)12-17)22-23(28-16-9-7-15(25)8-10-16)30-20(13-32-24(30)29-22)14-5-3-2-4-6-14;1-30-17-12-18(25)21(19(26)13-17)22-23(27-16-10-6-3-7-11-16)29-20(14-31-24(29)28-22)15-8-4-2-5-9-15;1-29-16-11-17(24)20(18(25)12-16)21-22(26-15-9-5-6-10-15)28-19(13-30-23(28)27-21)14-7-3-2-4-8-14/h2-13,28H,1H3;2,4-5,8-9,12-14,16,27H,3,6-7,10-11H2,1H3;2-4,7-8,11-13,15,26H,5-6,9-10H2,1H3. The molecule has 15 rings (SSSR count). The van der Waals surface area contributed by atoms with Gasteiger partial charge in [0.25, 0.3) is 0 Å². The van der Waals surface area contributed by atoms with Gasteiger partial charge in [-0.3, -0.25) is 13.2 Å². The molecule has 12 nitrogen and oxygen atoms in total. The topological polar surface area (TPSA) is 116 Å². The summed E-state index contributed by atoms with van der Waals surface area (Å²) in [4.78, 5) is 15.8. The number of fused-ring (bicyclic) bond motifs is 3. The number of imidazole rings is 3.